The SMILES string of the molecule is CCC[C@@H](NC(=O)[C@@H]1C2[C@H](CN1C(=O)[C@@H](NC(=O)OC(C)(C)C)C(C)(C)C)C2(C)C)C(=O)C(=O)NCC=C(C)C. The van der Waals surface area contributed by atoms with Crippen LogP contribution in [0.4, 0.5) is 4.79 Å². The van der Waals surface area contributed by atoms with E-state index >= 15 is 0 Å². The van der Waals surface area contributed by atoms with Crippen LogP contribution in [-0.4, -0.2) is 71.3 Å². The molecule has 226 valence electrons. The van der Waals surface area contributed by atoms with Gasteiger partial charge >= 0.3 is 6.09 Å². The third-order valence-electron chi connectivity index (χ3n) is 7.74. The Morgan fingerprint density at radius 3 is 2.12 bits per heavy atom. The Hall–Kier alpha value is -2.91. The number of Topliss-reactive ketones (excluding diaryl/α,β-unsaturated/α-hetero) is 1. The van der Waals surface area contributed by atoms with Gasteiger partial charge in [-0.1, -0.05) is 59.6 Å². The first kappa shape index (κ1) is 33.3. The molecule has 10 heteroatoms. The van der Waals surface area contributed by atoms with Crippen LogP contribution in [0.3, 0.4) is 0 Å². The van der Waals surface area contributed by atoms with Crippen LogP contribution in [0.5, 0.6) is 0 Å². The highest BCUT2D eigenvalue weighted by molar-refractivity contribution is 6.38. The van der Waals surface area contributed by atoms with Crippen molar-refractivity contribution in [2.24, 2.45) is 22.7 Å². The summed E-state index contributed by atoms with van der Waals surface area (Å²) in [7, 11) is 0. The number of likely N-dealkylation sites (tertiary alicyclic amines) is 1. The molecule has 0 spiro atoms. The molecule has 0 aromatic rings. The Bertz CT molecular complexity index is 1030. The summed E-state index contributed by atoms with van der Waals surface area (Å²) in [5, 5.41) is 8.11. The molecule has 2 rings (SSSR count). The monoisotopic (exact) mass is 562 g/mol. The number of nitrogens with zero attached hydrogens (tertiary/aromatic N) is 1. The Kier molecular flexibility index (Phi) is 10.2. The zero-order chi connectivity index (χ0) is 30.8. The molecule has 2 aliphatic rings. The van der Waals surface area contributed by atoms with E-state index in [1.54, 1.807) is 26.8 Å². The van der Waals surface area contributed by atoms with E-state index in [1.807, 2.05) is 41.5 Å². The third kappa shape index (κ3) is 8.07. The average Bonchev–Trinajstić information content (AvgIpc) is 3.13. The van der Waals surface area contributed by atoms with Crippen molar-refractivity contribution in [1.82, 2.24) is 20.9 Å². The molecule has 0 aromatic heterocycles. The topological polar surface area (TPSA) is 134 Å². The van der Waals surface area contributed by atoms with Crippen molar-refractivity contribution in [2.75, 3.05) is 13.1 Å². The highest BCUT2D eigenvalue weighted by Crippen LogP contribution is 2.65. The molecule has 2 fully saturated rings. The van der Waals surface area contributed by atoms with Gasteiger partial charge in [-0.2, -0.15) is 0 Å². The number of ketones is 1. The van der Waals surface area contributed by atoms with E-state index in [-0.39, 0.29) is 29.7 Å². The normalized spacial score (nSPS) is 22.8. The molecule has 1 heterocycles. The molecule has 1 unspecified atom stereocenters. The maximum atomic E-state index is 14.0. The van der Waals surface area contributed by atoms with Gasteiger partial charge in [0.25, 0.3) is 5.91 Å². The summed E-state index contributed by atoms with van der Waals surface area (Å²) >= 11 is 0. The second kappa shape index (κ2) is 12.3. The molecular weight excluding hydrogens is 512 g/mol. The van der Waals surface area contributed by atoms with Gasteiger partial charge in [-0.15, -0.1) is 0 Å². The minimum atomic E-state index is -1.000. The second-order valence-corrected chi connectivity index (χ2v) is 14.0. The van der Waals surface area contributed by atoms with Crippen molar-refractivity contribution in [3.8, 4) is 0 Å². The van der Waals surface area contributed by atoms with Gasteiger partial charge in [0.2, 0.25) is 17.6 Å². The van der Waals surface area contributed by atoms with Crippen molar-refractivity contribution in [3.63, 3.8) is 0 Å². The van der Waals surface area contributed by atoms with Gasteiger partial charge in [-0.25, -0.2) is 4.79 Å². The Morgan fingerprint density at radius 2 is 1.62 bits per heavy atom. The highest BCUT2D eigenvalue weighted by atomic mass is 16.6. The molecule has 10 nitrogen and oxygen atoms in total. The van der Waals surface area contributed by atoms with Crippen LogP contribution in [0.2, 0.25) is 0 Å². The number of alkyl carbamates (subject to hydrolysis) is 1. The Morgan fingerprint density at radius 1 is 1.02 bits per heavy atom. The number of ether oxygens (including phenoxy) is 1. The summed E-state index contributed by atoms with van der Waals surface area (Å²) in [6.07, 6.45) is 1.96. The van der Waals surface area contributed by atoms with E-state index in [2.05, 4.69) is 29.8 Å². The molecule has 1 saturated heterocycles. The van der Waals surface area contributed by atoms with Crippen LogP contribution in [0.15, 0.2) is 11.6 Å². The van der Waals surface area contributed by atoms with Gasteiger partial charge in [-0.3, -0.25) is 19.2 Å². The van der Waals surface area contributed by atoms with Gasteiger partial charge in [0.15, 0.2) is 0 Å². The fraction of sp³-hybridized carbons (Fsp3) is 0.767. The fourth-order valence-corrected chi connectivity index (χ4v) is 5.46. The first-order valence-corrected chi connectivity index (χ1v) is 14.3. The predicted molar refractivity (Wildman–Crippen MR) is 153 cm³/mol. The lowest BCUT2D eigenvalue weighted by Crippen LogP contribution is -2.60. The van der Waals surface area contributed by atoms with Crippen LogP contribution in [-0.2, 0) is 23.9 Å². The standard InChI is InChI=1S/C30H50N4O6/c1-12-13-19(22(35)25(37)31-15-14-17(2)3)32-24(36)21-20-18(30(20,10)11)16-34(21)26(38)23(28(4,5)6)33-27(39)40-29(7,8)9/h14,18-21,23H,12-13,15-16H2,1-11H3,(H,31,37)(H,32,36)(H,33,39)/t18-,19+,20?,21-,23+/m0/s1. The van der Waals surface area contributed by atoms with E-state index in [1.165, 1.54) is 4.90 Å². The van der Waals surface area contributed by atoms with Crippen LogP contribution >= 0.6 is 0 Å². The number of fused-ring (bicyclic) bond motifs is 1. The maximum absolute atomic E-state index is 14.0. The summed E-state index contributed by atoms with van der Waals surface area (Å²) in [6, 6.07) is -2.76. The van der Waals surface area contributed by atoms with E-state index in [0.29, 0.717) is 19.4 Å². The molecular formula is C30H50N4O6. The number of piperidine rings is 1. The summed E-state index contributed by atoms with van der Waals surface area (Å²) in [6.45, 7) is 21.1. The molecule has 0 bridgehead atoms. The zero-order valence-corrected chi connectivity index (χ0v) is 26.2. The van der Waals surface area contributed by atoms with Gasteiger partial charge in [0.1, 0.15) is 17.7 Å². The summed E-state index contributed by atoms with van der Waals surface area (Å²) in [5.74, 6) is -2.28. The van der Waals surface area contributed by atoms with E-state index in [0.717, 1.165) is 5.57 Å². The summed E-state index contributed by atoms with van der Waals surface area (Å²) in [5.41, 5.74) is -0.550. The zero-order valence-electron chi connectivity index (χ0n) is 26.2. The van der Waals surface area contributed by atoms with Crippen molar-refractivity contribution < 1.29 is 28.7 Å². The lowest BCUT2D eigenvalue weighted by Gasteiger charge is -2.38. The van der Waals surface area contributed by atoms with E-state index in [9.17, 15) is 24.0 Å². The number of carbonyl (C=O) groups is 5. The van der Waals surface area contributed by atoms with E-state index in [4.69, 9.17) is 4.74 Å². The molecule has 0 aromatic carbocycles. The van der Waals surface area contributed by atoms with Crippen LogP contribution < -0.4 is 16.0 Å². The highest BCUT2D eigenvalue weighted by Gasteiger charge is 2.70. The predicted octanol–water partition coefficient (Wildman–Crippen LogP) is 3.35. The number of rotatable bonds is 10. The first-order chi connectivity index (χ1) is 18.2. The largest absolute Gasteiger partial charge is 0.444 e. The maximum Gasteiger partial charge on any atom is 0.408 e. The van der Waals surface area contributed by atoms with Crippen LogP contribution in [0.25, 0.3) is 0 Å². The molecule has 1 saturated carbocycles. The molecule has 4 amide bonds. The van der Waals surface area contributed by atoms with E-state index < -0.39 is 52.8 Å². The quantitative estimate of drug-likeness (QED) is 0.276. The molecule has 0 radical (unpaired) electrons. The fourth-order valence-electron chi connectivity index (χ4n) is 5.46. The number of allylic oxidation sites excluding steroid dienone is 1. The van der Waals surface area contributed by atoms with Crippen molar-refractivity contribution in [2.45, 2.75) is 113 Å². The number of hydrogen-bond acceptors (Lipinski definition) is 6. The van der Waals surface area contributed by atoms with Gasteiger partial charge in [0, 0.05) is 13.1 Å². The molecule has 1 aliphatic carbocycles. The van der Waals surface area contributed by atoms with Crippen molar-refractivity contribution in [1.29, 1.82) is 0 Å². The van der Waals surface area contributed by atoms with Crippen LogP contribution in [0.1, 0.15) is 89.0 Å². The second-order valence-electron chi connectivity index (χ2n) is 14.0. The number of nitrogens with one attached hydrogen (secondary N) is 3. The van der Waals surface area contributed by atoms with Gasteiger partial charge in [0.05, 0.1) is 6.04 Å². The first-order valence-electron chi connectivity index (χ1n) is 14.3. The van der Waals surface area contributed by atoms with Crippen LogP contribution in [0, 0.1) is 22.7 Å². The third-order valence-corrected chi connectivity index (χ3v) is 7.74. The summed E-state index contributed by atoms with van der Waals surface area (Å²) in [4.78, 5) is 67.4. The number of carbonyl (C=O) groups excluding carboxylic acids is 5. The Labute approximate surface area is 239 Å². The summed E-state index contributed by atoms with van der Waals surface area (Å²) < 4.78 is 5.40. The Balaban J connectivity index is 2.28. The lowest BCUT2D eigenvalue weighted by molar-refractivity contribution is -0.145. The van der Waals surface area contributed by atoms with Gasteiger partial charge < -0.3 is 25.6 Å². The molecule has 5 atom stereocenters. The lowest BCUT2D eigenvalue weighted by atomic mass is 9.85. The average molecular weight is 563 g/mol. The van der Waals surface area contributed by atoms with Crippen molar-refractivity contribution >= 4 is 29.6 Å². The number of amides is 4. The smallest absolute Gasteiger partial charge is 0.408 e. The molecule has 40 heavy (non-hydrogen) atoms. The number of hydrogen-bond donors (Lipinski definition) is 3. The van der Waals surface area contributed by atoms with Gasteiger partial charge in [-0.05, 0) is 63.7 Å². The minimum absolute atomic E-state index is 0.0949. The minimum Gasteiger partial charge on any atom is -0.444 e. The van der Waals surface area contributed by atoms with Crippen molar-refractivity contribution in [3.05, 3.63) is 11.6 Å². The molecule has 3 N–H and O–H groups in total. The molecule has 1 aliphatic heterocycles.